The molecule has 0 saturated carbocycles. The number of ether oxygens (including phenoxy) is 1. The molecule has 0 aliphatic heterocycles. The first kappa shape index (κ1) is 20.2. The Morgan fingerprint density at radius 2 is 1.90 bits per heavy atom. The van der Waals surface area contributed by atoms with E-state index in [1.54, 1.807) is 28.9 Å². The predicted octanol–water partition coefficient (Wildman–Crippen LogP) is 5.36. The number of aromatic nitrogens is 3. The van der Waals surface area contributed by atoms with E-state index in [1.807, 2.05) is 44.2 Å². The Balaban J connectivity index is 1.55. The van der Waals surface area contributed by atoms with Crippen LogP contribution in [-0.2, 0) is 4.79 Å². The lowest BCUT2D eigenvalue weighted by Crippen LogP contribution is -2.22. The van der Waals surface area contributed by atoms with Crippen molar-refractivity contribution in [3.63, 3.8) is 0 Å². The second-order valence-corrected chi connectivity index (χ2v) is 7.65. The molecule has 4 rings (SSSR count). The zero-order valence-corrected chi connectivity index (χ0v) is 17.8. The van der Waals surface area contributed by atoms with Crippen LogP contribution in [0, 0.1) is 13.8 Å². The minimum atomic E-state index is -0.348. The molecule has 0 radical (unpaired) electrons. The summed E-state index contributed by atoms with van der Waals surface area (Å²) in [6.07, 6.45) is 0. The highest BCUT2D eigenvalue weighted by molar-refractivity contribution is 6.35. The number of carbonyl (C=O) groups is 1. The number of nitrogens with one attached hydrogen (secondary N) is 1. The third-order valence-electron chi connectivity index (χ3n) is 4.48. The molecule has 0 aliphatic rings. The molecule has 0 unspecified atom stereocenters. The first-order valence-corrected chi connectivity index (χ1v) is 9.97. The van der Waals surface area contributed by atoms with Gasteiger partial charge in [-0.15, -0.1) is 0 Å². The van der Waals surface area contributed by atoms with Crippen molar-refractivity contribution in [1.29, 1.82) is 0 Å². The number of amides is 1. The molecular formula is C22H18Cl2N4O2. The smallest absolute Gasteiger partial charge is 0.263 e. The highest BCUT2D eigenvalue weighted by Gasteiger charge is 2.14. The number of aryl methyl sites for hydroxylation is 2. The van der Waals surface area contributed by atoms with Gasteiger partial charge in [0, 0.05) is 16.5 Å². The molecule has 0 atom stereocenters. The van der Waals surface area contributed by atoms with Gasteiger partial charge >= 0.3 is 0 Å². The summed E-state index contributed by atoms with van der Waals surface area (Å²) in [6.45, 7) is 3.66. The van der Waals surface area contributed by atoms with Crippen molar-refractivity contribution < 1.29 is 9.53 Å². The molecular weight excluding hydrogens is 423 g/mol. The molecule has 6 nitrogen and oxygen atoms in total. The maximum absolute atomic E-state index is 12.5. The van der Waals surface area contributed by atoms with Gasteiger partial charge in [-0.05, 0) is 49.7 Å². The lowest BCUT2D eigenvalue weighted by molar-refractivity contribution is -0.118. The molecule has 8 heteroatoms. The van der Waals surface area contributed by atoms with Crippen molar-refractivity contribution in [3.05, 3.63) is 75.9 Å². The van der Waals surface area contributed by atoms with Gasteiger partial charge in [0.15, 0.2) is 12.4 Å². The van der Waals surface area contributed by atoms with E-state index in [9.17, 15) is 4.79 Å². The highest BCUT2D eigenvalue weighted by atomic mass is 35.5. The molecule has 30 heavy (non-hydrogen) atoms. The topological polar surface area (TPSA) is 69.0 Å². The molecule has 0 saturated heterocycles. The molecule has 0 bridgehead atoms. The van der Waals surface area contributed by atoms with Crippen LogP contribution in [0.15, 0.2) is 54.6 Å². The van der Waals surface area contributed by atoms with Crippen LogP contribution in [0.2, 0.25) is 10.0 Å². The lowest BCUT2D eigenvalue weighted by atomic mass is 10.1. The zero-order chi connectivity index (χ0) is 21.3. The SMILES string of the molecule is Cc1cc(NC(=O)COc2ccc(Cl)cc2Cl)n(-c2cc(C)c3ccccc3n2)n1. The van der Waals surface area contributed by atoms with Crippen LogP contribution in [0.3, 0.4) is 0 Å². The number of para-hydroxylation sites is 1. The van der Waals surface area contributed by atoms with Gasteiger partial charge in [0.05, 0.1) is 16.2 Å². The minimum Gasteiger partial charge on any atom is -0.482 e. The Morgan fingerprint density at radius 3 is 2.70 bits per heavy atom. The molecule has 1 N–H and O–H groups in total. The van der Waals surface area contributed by atoms with E-state index in [-0.39, 0.29) is 12.5 Å². The number of halogens is 2. The summed E-state index contributed by atoms with van der Waals surface area (Å²) >= 11 is 12.0. The molecule has 0 spiro atoms. The van der Waals surface area contributed by atoms with Crippen LogP contribution in [0.4, 0.5) is 5.82 Å². The molecule has 0 aliphatic carbocycles. The van der Waals surface area contributed by atoms with Crippen molar-refractivity contribution in [1.82, 2.24) is 14.8 Å². The van der Waals surface area contributed by atoms with Crippen molar-refractivity contribution >= 4 is 45.8 Å². The van der Waals surface area contributed by atoms with E-state index in [0.717, 1.165) is 22.2 Å². The number of rotatable bonds is 5. The van der Waals surface area contributed by atoms with Gasteiger partial charge in [-0.25, -0.2) is 4.98 Å². The summed E-state index contributed by atoms with van der Waals surface area (Å²) in [5.41, 5.74) is 2.68. The molecule has 1 amide bonds. The summed E-state index contributed by atoms with van der Waals surface area (Å²) in [6, 6.07) is 16.4. The van der Waals surface area contributed by atoms with Crippen LogP contribution >= 0.6 is 23.2 Å². The van der Waals surface area contributed by atoms with E-state index in [2.05, 4.69) is 15.4 Å². The van der Waals surface area contributed by atoms with Crippen LogP contribution in [0.25, 0.3) is 16.7 Å². The van der Waals surface area contributed by atoms with Crippen LogP contribution in [0.1, 0.15) is 11.3 Å². The normalized spacial score (nSPS) is 10.9. The predicted molar refractivity (Wildman–Crippen MR) is 119 cm³/mol. The molecule has 0 fully saturated rings. The number of benzene rings is 2. The monoisotopic (exact) mass is 440 g/mol. The van der Waals surface area contributed by atoms with Gasteiger partial charge in [-0.3, -0.25) is 4.79 Å². The molecule has 4 aromatic rings. The van der Waals surface area contributed by atoms with E-state index < -0.39 is 0 Å². The van der Waals surface area contributed by atoms with Gasteiger partial charge in [0.2, 0.25) is 0 Å². The van der Waals surface area contributed by atoms with E-state index in [4.69, 9.17) is 27.9 Å². The average molecular weight is 441 g/mol. The van der Waals surface area contributed by atoms with Gasteiger partial charge in [-0.1, -0.05) is 41.4 Å². The van der Waals surface area contributed by atoms with Crippen LogP contribution in [-0.4, -0.2) is 27.3 Å². The fraction of sp³-hybridized carbons (Fsp3) is 0.136. The third-order valence-corrected chi connectivity index (χ3v) is 5.01. The minimum absolute atomic E-state index is 0.213. The molecule has 2 heterocycles. The van der Waals surface area contributed by atoms with E-state index in [1.165, 1.54) is 0 Å². The number of anilines is 1. The first-order chi connectivity index (χ1) is 14.4. The quantitative estimate of drug-likeness (QED) is 0.453. The summed E-state index contributed by atoms with van der Waals surface area (Å²) in [7, 11) is 0. The largest absolute Gasteiger partial charge is 0.482 e. The lowest BCUT2D eigenvalue weighted by Gasteiger charge is -2.11. The number of fused-ring (bicyclic) bond motifs is 1. The second kappa shape index (κ2) is 8.34. The Bertz CT molecular complexity index is 1250. The maximum Gasteiger partial charge on any atom is 0.263 e. The maximum atomic E-state index is 12.5. The Hall–Kier alpha value is -3.09. The summed E-state index contributed by atoms with van der Waals surface area (Å²) in [4.78, 5) is 17.2. The number of hydrogen-bond acceptors (Lipinski definition) is 4. The number of pyridine rings is 1. The van der Waals surface area contributed by atoms with Crippen molar-refractivity contribution in [2.75, 3.05) is 11.9 Å². The average Bonchev–Trinajstić information content (AvgIpc) is 3.07. The molecule has 2 aromatic carbocycles. The van der Waals surface area contributed by atoms with Crippen LogP contribution < -0.4 is 10.1 Å². The van der Waals surface area contributed by atoms with Gasteiger partial charge in [0.25, 0.3) is 5.91 Å². The van der Waals surface area contributed by atoms with E-state index in [0.29, 0.717) is 27.4 Å². The number of nitrogens with zero attached hydrogens (tertiary/aromatic N) is 3. The summed E-state index contributed by atoms with van der Waals surface area (Å²) in [5.74, 6) is 1.16. The summed E-state index contributed by atoms with van der Waals surface area (Å²) < 4.78 is 7.12. The highest BCUT2D eigenvalue weighted by Crippen LogP contribution is 2.27. The Labute approximate surface area is 183 Å². The first-order valence-electron chi connectivity index (χ1n) is 9.22. The number of carbonyl (C=O) groups excluding carboxylic acids is 1. The van der Waals surface area contributed by atoms with Crippen molar-refractivity contribution in [2.45, 2.75) is 13.8 Å². The van der Waals surface area contributed by atoms with Gasteiger partial charge < -0.3 is 10.1 Å². The summed E-state index contributed by atoms with van der Waals surface area (Å²) in [5, 5.41) is 9.22. The molecule has 2 aromatic heterocycles. The fourth-order valence-electron chi connectivity index (χ4n) is 3.12. The Kier molecular flexibility index (Phi) is 5.61. The second-order valence-electron chi connectivity index (χ2n) is 6.81. The van der Waals surface area contributed by atoms with Gasteiger partial charge in [-0.2, -0.15) is 9.78 Å². The zero-order valence-electron chi connectivity index (χ0n) is 16.3. The third kappa shape index (κ3) is 4.25. The fourth-order valence-corrected chi connectivity index (χ4v) is 3.58. The van der Waals surface area contributed by atoms with Crippen molar-refractivity contribution in [2.24, 2.45) is 0 Å². The number of hydrogen-bond donors (Lipinski definition) is 1. The van der Waals surface area contributed by atoms with E-state index >= 15 is 0 Å². The molecule has 152 valence electrons. The standard InChI is InChI=1S/C22H18Cl2N4O2/c1-13-9-20(25-18-6-4-3-5-16(13)18)28-21(10-14(2)27-28)26-22(29)12-30-19-8-7-15(23)11-17(19)24/h3-11H,12H2,1-2H3,(H,26,29). The van der Waals surface area contributed by atoms with Crippen molar-refractivity contribution in [3.8, 4) is 11.6 Å². The van der Waals surface area contributed by atoms with Crippen LogP contribution in [0.5, 0.6) is 5.75 Å². The Morgan fingerprint density at radius 1 is 1.10 bits per heavy atom. The van der Waals surface area contributed by atoms with Gasteiger partial charge in [0.1, 0.15) is 11.6 Å².